The van der Waals surface area contributed by atoms with Crippen LogP contribution in [0.15, 0.2) is 42.5 Å². The topological polar surface area (TPSA) is 92.4 Å². The van der Waals surface area contributed by atoms with Crippen LogP contribution >= 0.6 is 0 Å². The van der Waals surface area contributed by atoms with Crippen molar-refractivity contribution in [3.63, 3.8) is 0 Å². The highest BCUT2D eigenvalue weighted by Gasteiger charge is 2.28. The predicted octanol–water partition coefficient (Wildman–Crippen LogP) is 0.832. The molecule has 1 aliphatic rings. The molecule has 1 aromatic carbocycles. The van der Waals surface area contributed by atoms with Gasteiger partial charge in [0.05, 0.1) is 5.92 Å². The summed E-state index contributed by atoms with van der Waals surface area (Å²) in [6, 6.07) is 7.47. The monoisotopic (exact) mass is 260 g/mol. The SMILES string of the molecule is NC1C=CC(C(=O)N[C@@H](C(=O)O)c2ccccc2)C1. The van der Waals surface area contributed by atoms with E-state index >= 15 is 0 Å². The predicted molar refractivity (Wildman–Crippen MR) is 70.2 cm³/mol. The smallest absolute Gasteiger partial charge is 0.330 e. The van der Waals surface area contributed by atoms with Gasteiger partial charge >= 0.3 is 5.97 Å². The van der Waals surface area contributed by atoms with Gasteiger partial charge in [-0.1, -0.05) is 42.5 Å². The Balaban J connectivity index is 2.08. The average Bonchev–Trinajstić information content (AvgIpc) is 2.83. The molecule has 0 saturated heterocycles. The lowest BCUT2D eigenvalue weighted by Crippen LogP contribution is -2.37. The average molecular weight is 260 g/mol. The second-order valence-corrected chi connectivity index (χ2v) is 4.58. The van der Waals surface area contributed by atoms with Crippen LogP contribution in [0.4, 0.5) is 0 Å². The Morgan fingerprint density at radius 2 is 1.95 bits per heavy atom. The number of carbonyl (C=O) groups is 2. The lowest BCUT2D eigenvalue weighted by atomic mass is 10.0. The van der Waals surface area contributed by atoms with Gasteiger partial charge in [-0.15, -0.1) is 0 Å². The van der Waals surface area contributed by atoms with Crippen molar-refractivity contribution in [3.05, 3.63) is 48.0 Å². The fourth-order valence-corrected chi connectivity index (χ4v) is 2.10. The molecule has 0 saturated carbocycles. The van der Waals surface area contributed by atoms with E-state index in [0.29, 0.717) is 12.0 Å². The van der Waals surface area contributed by atoms with Crippen LogP contribution in [0.5, 0.6) is 0 Å². The first-order chi connectivity index (χ1) is 9.08. The van der Waals surface area contributed by atoms with Crippen molar-refractivity contribution in [2.24, 2.45) is 11.7 Å². The van der Waals surface area contributed by atoms with Crippen molar-refractivity contribution in [1.29, 1.82) is 0 Å². The maximum atomic E-state index is 12.0. The third kappa shape index (κ3) is 3.20. The fourth-order valence-electron chi connectivity index (χ4n) is 2.10. The Bertz CT molecular complexity index is 499. The quantitative estimate of drug-likeness (QED) is 0.699. The molecule has 0 radical (unpaired) electrons. The van der Waals surface area contributed by atoms with Crippen molar-refractivity contribution < 1.29 is 14.7 Å². The Labute approximate surface area is 111 Å². The molecular formula is C14H16N2O3. The van der Waals surface area contributed by atoms with Gasteiger partial charge < -0.3 is 16.2 Å². The highest BCUT2D eigenvalue weighted by atomic mass is 16.4. The third-order valence-corrected chi connectivity index (χ3v) is 3.12. The molecule has 1 amide bonds. The number of carboxylic acids is 1. The van der Waals surface area contributed by atoms with Crippen molar-refractivity contribution in [2.45, 2.75) is 18.5 Å². The van der Waals surface area contributed by atoms with E-state index in [1.807, 2.05) is 0 Å². The lowest BCUT2D eigenvalue weighted by Gasteiger charge is -2.17. The number of hydrogen-bond donors (Lipinski definition) is 3. The normalized spacial score (nSPS) is 23.0. The number of nitrogens with one attached hydrogen (secondary N) is 1. The number of rotatable bonds is 4. The van der Waals surface area contributed by atoms with Crippen LogP contribution in [0.1, 0.15) is 18.0 Å². The highest BCUT2D eigenvalue weighted by molar-refractivity contribution is 5.87. The van der Waals surface area contributed by atoms with Gasteiger partial charge in [0.2, 0.25) is 5.91 Å². The summed E-state index contributed by atoms with van der Waals surface area (Å²) >= 11 is 0. The van der Waals surface area contributed by atoms with E-state index in [4.69, 9.17) is 5.73 Å². The lowest BCUT2D eigenvalue weighted by molar-refractivity contribution is -0.142. The molecule has 1 aromatic rings. The Kier molecular flexibility index (Phi) is 3.97. The molecule has 5 nitrogen and oxygen atoms in total. The van der Waals surface area contributed by atoms with Crippen LogP contribution in [0.2, 0.25) is 0 Å². The molecule has 0 heterocycles. The summed E-state index contributed by atoms with van der Waals surface area (Å²) in [7, 11) is 0. The Hall–Kier alpha value is -2.14. The van der Waals surface area contributed by atoms with E-state index < -0.39 is 12.0 Å². The molecule has 4 N–H and O–H groups in total. The van der Waals surface area contributed by atoms with Gasteiger partial charge in [0, 0.05) is 6.04 Å². The van der Waals surface area contributed by atoms with Crippen molar-refractivity contribution in [3.8, 4) is 0 Å². The second kappa shape index (κ2) is 5.67. The molecule has 0 aromatic heterocycles. The largest absolute Gasteiger partial charge is 0.479 e. The number of benzene rings is 1. The number of hydrogen-bond acceptors (Lipinski definition) is 3. The molecule has 0 aliphatic heterocycles. The van der Waals surface area contributed by atoms with Crippen LogP contribution < -0.4 is 11.1 Å². The molecule has 19 heavy (non-hydrogen) atoms. The summed E-state index contributed by atoms with van der Waals surface area (Å²) < 4.78 is 0. The van der Waals surface area contributed by atoms with E-state index in [2.05, 4.69) is 5.32 Å². The third-order valence-electron chi connectivity index (χ3n) is 3.12. The molecule has 5 heteroatoms. The maximum Gasteiger partial charge on any atom is 0.330 e. The molecule has 100 valence electrons. The number of carbonyl (C=O) groups excluding carboxylic acids is 1. The minimum absolute atomic E-state index is 0.129. The van der Waals surface area contributed by atoms with Gasteiger partial charge in [-0.3, -0.25) is 4.79 Å². The van der Waals surface area contributed by atoms with Crippen molar-refractivity contribution >= 4 is 11.9 Å². The first kappa shape index (κ1) is 13.3. The molecule has 2 unspecified atom stereocenters. The fraction of sp³-hybridized carbons (Fsp3) is 0.286. The minimum Gasteiger partial charge on any atom is -0.479 e. The van der Waals surface area contributed by atoms with Gasteiger partial charge in [-0.25, -0.2) is 4.79 Å². The maximum absolute atomic E-state index is 12.0. The van der Waals surface area contributed by atoms with E-state index in [9.17, 15) is 14.7 Å². The minimum atomic E-state index is -1.08. The molecule has 3 atom stereocenters. The summed E-state index contributed by atoms with van der Waals surface area (Å²) in [5.74, 6) is -1.73. The number of aliphatic carboxylic acids is 1. The van der Waals surface area contributed by atoms with Crippen LogP contribution in [-0.4, -0.2) is 23.0 Å². The highest BCUT2D eigenvalue weighted by Crippen LogP contribution is 2.19. The molecule has 0 bridgehead atoms. The van der Waals surface area contributed by atoms with Crippen LogP contribution in [-0.2, 0) is 9.59 Å². The summed E-state index contributed by atoms with van der Waals surface area (Å²) in [6.07, 6.45) is 4.01. The number of nitrogens with two attached hydrogens (primary N) is 1. The van der Waals surface area contributed by atoms with Gasteiger partial charge in [0.15, 0.2) is 6.04 Å². The van der Waals surface area contributed by atoms with Crippen molar-refractivity contribution in [2.75, 3.05) is 0 Å². The second-order valence-electron chi connectivity index (χ2n) is 4.58. The Morgan fingerprint density at radius 1 is 1.26 bits per heavy atom. The van der Waals surface area contributed by atoms with E-state index in [0.717, 1.165) is 0 Å². The van der Waals surface area contributed by atoms with E-state index in [1.54, 1.807) is 42.5 Å². The first-order valence-corrected chi connectivity index (χ1v) is 6.10. The first-order valence-electron chi connectivity index (χ1n) is 6.10. The summed E-state index contributed by atoms with van der Waals surface area (Å²) in [6.45, 7) is 0. The van der Waals surface area contributed by atoms with Gasteiger partial charge in [-0.05, 0) is 12.0 Å². The zero-order chi connectivity index (χ0) is 13.8. The van der Waals surface area contributed by atoms with E-state index in [1.165, 1.54) is 0 Å². The van der Waals surface area contributed by atoms with Crippen LogP contribution in [0, 0.1) is 5.92 Å². The summed E-state index contributed by atoms with van der Waals surface area (Å²) in [4.78, 5) is 23.3. The summed E-state index contributed by atoms with van der Waals surface area (Å²) in [5.41, 5.74) is 6.23. The van der Waals surface area contributed by atoms with Gasteiger partial charge in [-0.2, -0.15) is 0 Å². The summed E-state index contributed by atoms with van der Waals surface area (Å²) in [5, 5.41) is 11.8. The van der Waals surface area contributed by atoms with Gasteiger partial charge in [0.1, 0.15) is 0 Å². The number of carboxylic acid groups (broad SMARTS) is 1. The van der Waals surface area contributed by atoms with Crippen molar-refractivity contribution in [1.82, 2.24) is 5.32 Å². The number of amides is 1. The van der Waals surface area contributed by atoms with E-state index in [-0.39, 0.29) is 17.9 Å². The van der Waals surface area contributed by atoms with Gasteiger partial charge in [0.25, 0.3) is 0 Å². The molecular weight excluding hydrogens is 244 g/mol. The molecule has 1 aliphatic carbocycles. The molecule has 0 spiro atoms. The molecule has 0 fully saturated rings. The standard InChI is InChI=1S/C14H16N2O3/c15-11-7-6-10(8-11)13(17)16-12(14(18)19)9-4-2-1-3-5-9/h1-7,10-12H,8,15H2,(H,16,17)(H,18,19)/t10?,11?,12-/m1/s1. The molecule has 2 rings (SSSR count). The zero-order valence-corrected chi connectivity index (χ0v) is 10.3. The Morgan fingerprint density at radius 3 is 2.47 bits per heavy atom. The van der Waals surface area contributed by atoms with Crippen LogP contribution in [0.3, 0.4) is 0 Å². The van der Waals surface area contributed by atoms with Crippen LogP contribution in [0.25, 0.3) is 0 Å². The zero-order valence-electron chi connectivity index (χ0n) is 10.3.